The minimum Gasteiger partial charge on any atom is -0.317 e. The molecule has 8 heteroatoms. The van der Waals surface area contributed by atoms with Gasteiger partial charge in [0.2, 0.25) is 5.91 Å². The van der Waals surface area contributed by atoms with Gasteiger partial charge in [0.05, 0.1) is 22.6 Å². The van der Waals surface area contributed by atoms with Gasteiger partial charge < -0.3 is 4.57 Å². The number of thioether (sulfide) groups is 1. The summed E-state index contributed by atoms with van der Waals surface area (Å²) in [6, 6.07) is 14.7. The van der Waals surface area contributed by atoms with Crippen LogP contribution < -0.4 is 5.43 Å². The monoisotopic (exact) mass is 450 g/mol. The smallest absolute Gasteiger partial charge is 0.269 e. The van der Waals surface area contributed by atoms with E-state index in [4.69, 9.17) is 0 Å². The van der Waals surface area contributed by atoms with Gasteiger partial charge in [0, 0.05) is 34.8 Å². The molecule has 0 bridgehead atoms. The lowest BCUT2D eigenvalue weighted by Crippen LogP contribution is -2.19. The maximum Gasteiger partial charge on any atom is 0.269 e. The Morgan fingerprint density at radius 1 is 1.12 bits per heavy atom. The van der Waals surface area contributed by atoms with Crippen molar-refractivity contribution in [3.05, 3.63) is 92.3 Å². The van der Waals surface area contributed by atoms with E-state index >= 15 is 0 Å². The van der Waals surface area contributed by atoms with Gasteiger partial charge in [-0.15, -0.1) is 11.8 Å². The highest BCUT2D eigenvalue weighted by Gasteiger charge is 2.13. The Kier molecular flexibility index (Phi) is 7.48. The average molecular weight is 451 g/mol. The van der Waals surface area contributed by atoms with Gasteiger partial charge in [0.25, 0.3) is 5.69 Å². The van der Waals surface area contributed by atoms with E-state index in [-0.39, 0.29) is 17.3 Å². The van der Waals surface area contributed by atoms with Gasteiger partial charge in [-0.3, -0.25) is 14.9 Å². The van der Waals surface area contributed by atoms with Crippen molar-refractivity contribution >= 4 is 29.6 Å². The first-order chi connectivity index (χ1) is 15.3. The molecule has 0 aliphatic carbocycles. The predicted octanol–water partition coefficient (Wildman–Crippen LogP) is 5.00. The highest BCUT2D eigenvalue weighted by Crippen LogP contribution is 2.25. The first-order valence-corrected chi connectivity index (χ1v) is 11.3. The first-order valence-electron chi connectivity index (χ1n) is 10.2. The van der Waals surface area contributed by atoms with Crippen molar-refractivity contribution in [3.63, 3.8) is 0 Å². The molecule has 0 fully saturated rings. The summed E-state index contributed by atoms with van der Waals surface area (Å²) < 4.78 is 2.22. The molecule has 0 aliphatic rings. The van der Waals surface area contributed by atoms with Crippen LogP contribution in [-0.2, 0) is 10.5 Å². The van der Waals surface area contributed by atoms with Crippen LogP contribution in [0.2, 0.25) is 0 Å². The van der Waals surface area contributed by atoms with Crippen LogP contribution in [0.5, 0.6) is 0 Å². The van der Waals surface area contributed by atoms with Gasteiger partial charge in [-0.25, -0.2) is 5.43 Å². The Labute approximate surface area is 191 Å². The summed E-state index contributed by atoms with van der Waals surface area (Å²) in [6.45, 7) is 8.30. The van der Waals surface area contributed by atoms with E-state index in [9.17, 15) is 14.9 Å². The number of nitro groups is 1. The van der Waals surface area contributed by atoms with E-state index in [1.807, 2.05) is 6.92 Å². The number of aryl methyl sites for hydroxylation is 3. The van der Waals surface area contributed by atoms with E-state index < -0.39 is 4.92 Å². The Hall–Kier alpha value is -3.39. The quantitative estimate of drug-likeness (QED) is 0.297. The number of carbonyl (C=O) groups is 1. The fraction of sp³-hybridized carbons (Fsp3) is 0.250. The lowest BCUT2D eigenvalue weighted by molar-refractivity contribution is -0.384. The fourth-order valence-corrected chi connectivity index (χ4v) is 4.38. The molecule has 32 heavy (non-hydrogen) atoms. The first kappa shape index (κ1) is 23.3. The number of nitrogens with one attached hydrogen (secondary N) is 1. The number of non-ortho nitro benzene ring substituents is 1. The molecule has 0 atom stereocenters. The van der Waals surface area contributed by atoms with E-state index in [2.05, 4.69) is 60.1 Å². The molecule has 0 saturated carbocycles. The van der Waals surface area contributed by atoms with E-state index in [1.165, 1.54) is 40.7 Å². The maximum atomic E-state index is 12.1. The third kappa shape index (κ3) is 5.45. The van der Waals surface area contributed by atoms with E-state index in [1.54, 1.807) is 18.3 Å². The number of para-hydroxylation sites is 1. The largest absolute Gasteiger partial charge is 0.317 e. The number of carbonyl (C=O) groups excluding carboxylic acids is 1. The van der Waals surface area contributed by atoms with Crippen molar-refractivity contribution in [3.8, 4) is 5.69 Å². The highest BCUT2D eigenvalue weighted by atomic mass is 32.2. The lowest BCUT2D eigenvalue weighted by atomic mass is 10.1. The molecule has 3 rings (SSSR count). The van der Waals surface area contributed by atoms with Crippen molar-refractivity contribution in [1.82, 2.24) is 9.99 Å². The summed E-state index contributed by atoms with van der Waals surface area (Å²) in [5, 5.41) is 14.8. The zero-order chi connectivity index (χ0) is 23.3. The van der Waals surface area contributed by atoms with Gasteiger partial charge in [-0.05, 0) is 50.5 Å². The maximum absolute atomic E-state index is 12.1. The van der Waals surface area contributed by atoms with Gasteiger partial charge in [0.1, 0.15) is 0 Å². The van der Waals surface area contributed by atoms with Crippen LogP contribution in [-0.4, -0.2) is 27.4 Å². The molecule has 1 aromatic heterocycles. The Morgan fingerprint density at radius 3 is 2.41 bits per heavy atom. The van der Waals surface area contributed by atoms with Crippen LogP contribution in [0.1, 0.15) is 33.6 Å². The van der Waals surface area contributed by atoms with Crippen molar-refractivity contribution in [1.29, 1.82) is 0 Å². The zero-order valence-electron chi connectivity index (χ0n) is 18.6. The normalized spacial score (nSPS) is 11.1. The molecular weight excluding hydrogens is 424 g/mol. The fourth-order valence-electron chi connectivity index (χ4n) is 3.60. The van der Waals surface area contributed by atoms with Crippen LogP contribution in [0.4, 0.5) is 5.69 Å². The Morgan fingerprint density at radius 2 is 1.78 bits per heavy atom. The molecule has 0 spiro atoms. The molecule has 3 aromatic rings. The van der Waals surface area contributed by atoms with Crippen molar-refractivity contribution in [2.75, 3.05) is 5.75 Å². The van der Waals surface area contributed by atoms with Crippen molar-refractivity contribution in [2.24, 2.45) is 5.10 Å². The number of amides is 1. The number of rotatable bonds is 8. The highest BCUT2D eigenvalue weighted by molar-refractivity contribution is 7.99. The van der Waals surface area contributed by atoms with Gasteiger partial charge in [0.15, 0.2) is 0 Å². The second-order valence-corrected chi connectivity index (χ2v) is 8.60. The standard InChI is InChI=1S/C24H26N4O3S/c1-16-6-5-7-17(2)24(16)27-18(3)12-21(19(27)4)13-25-26-23(29)15-32-14-20-8-10-22(11-9-20)28(30)31/h5-13H,14-15H2,1-4H3,(H,26,29)/b25-13-. The number of hydrogen-bond acceptors (Lipinski definition) is 5. The van der Waals surface area contributed by atoms with Gasteiger partial charge >= 0.3 is 0 Å². The minimum atomic E-state index is -0.429. The molecule has 1 amide bonds. The van der Waals surface area contributed by atoms with Crippen LogP contribution in [0.3, 0.4) is 0 Å². The summed E-state index contributed by atoms with van der Waals surface area (Å²) in [4.78, 5) is 22.4. The number of nitro benzene ring substituents is 1. The number of benzene rings is 2. The van der Waals surface area contributed by atoms with E-state index in [0.717, 1.165) is 22.5 Å². The third-order valence-electron chi connectivity index (χ3n) is 5.18. The summed E-state index contributed by atoms with van der Waals surface area (Å²) in [5.74, 6) is 0.638. The topological polar surface area (TPSA) is 89.5 Å². The summed E-state index contributed by atoms with van der Waals surface area (Å²) in [5.41, 5.74) is 10.2. The van der Waals surface area contributed by atoms with Crippen molar-refractivity contribution < 1.29 is 9.72 Å². The summed E-state index contributed by atoms with van der Waals surface area (Å²) in [6.07, 6.45) is 1.67. The van der Waals surface area contributed by atoms with E-state index in [0.29, 0.717) is 5.75 Å². The van der Waals surface area contributed by atoms with Crippen molar-refractivity contribution in [2.45, 2.75) is 33.4 Å². The molecule has 1 heterocycles. The molecule has 2 aromatic carbocycles. The molecule has 0 radical (unpaired) electrons. The predicted molar refractivity (Wildman–Crippen MR) is 130 cm³/mol. The summed E-state index contributed by atoms with van der Waals surface area (Å²) in [7, 11) is 0. The zero-order valence-corrected chi connectivity index (χ0v) is 19.4. The molecule has 7 nitrogen and oxygen atoms in total. The average Bonchev–Trinajstić information content (AvgIpc) is 3.02. The molecule has 1 N–H and O–H groups in total. The lowest BCUT2D eigenvalue weighted by Gasteiger charge is -2.15. The molecular formula is C24H26N4O3S. The number of hydrogen-bond donors (Lipinski definition) is 1. The number of hydrazone groups is 1. The molecule has 166 valence electrons. The molecule has 0 aliphatic heterocycles. The summed E-state index contributed by atoms with van der Waals surface area (Å²) >= 11 is 1.43. The Bertz CT molecular complexity index is 1150. The van der Waals surface area contributed by atoms with Crippen LogP contribution in [0, 0.1) is 37.8 Å². The second-order valence-electron chi connectivity index (χ2n) is 7.61. The molecule has 0 unspecified atom stereocenters. The molecule has 0 saturated heterocycles. The van der Waals surface area contributed by atoms with Crippen LogP contribution in [0.25, 0.3) is 5.69 Å². The van der Waals surface area contributed by atoms with Gasteiger partial charge in [-0.2, -0.15) is 5.10 Å². The van der Waals surface area contributed by atoms with Crippen LogP contribution in [0.15, 0.2) is 53.6 Å². The number of aromatic nitrogens is 1. The Balaban J connectivity index is 1.57. The SMILES string of the molecule is Cc1cccc(C)c1-n1c(C)cc(/C=N\NC(=O)CSCc2ccc([N+](=O)[O-])cc2)c1C. The number of nitrogens with zero attached hydrogens (tertiary/aromatic N) is 3. The second kappa shape index (κ2) is 10.3. The third-order valence-corrected chi connectivity index (χ3v) is 6.18. The minimum absolute atomic E-state index is 0.0581. The van der Waals surface area contributed by atoms with Gasteiger partial charge in [-0.1, -0.05) is 30.3 Å². The van der Waals surface area contributed by atoms with Crippen LogP contribution >= 0.6 is 11.8 Å².